The van der Waals surface area contributed by atoms with Gasteiger partial charge in [-0.25, -0.2) is 4.98 Å². The molecule has 4 heteroatoms. The number of hydrogen-bond donors (Lipinski definition) is 1. The van der Waals surface area contributed by atoms with Crippen molar-refractivity contribution in [1.29, 1.82) is 0 Å². The van der Waals surface area contributed by atoms with E-state index in [2.05, 4.69) is 16.9 Å². The van der Waals surface area contributed by atoms with Gasteiger partial charge in [0.25, 0.3) is 5.91 Å². The molecule has 0 aromatic carbocycles. The summed E-state index contributed by atoms with van der Waals surface area (Å²) in [5.41, 5.74) is 1.54. The van der Waals surface area contributed by atoms with Crippen molar-refractivity contribution in [2.45, 2.75) is 6.92 Å². The van der Waals surface area contributed by atoms with Gasteiger partial charge in [0, 0.05) is 32.4 Å². The van der Waals surface area contributed by atoms with Crippen molar-refractivity contribution < 1.29 is 4.79 Å². The molecule has 0 fully saturated rings. The lowest BCUT2D eigenvalue weighted by molar-refractivity contribution is 0.0957. The molecule has 86 valence electrons. The van der Waals surface area contributed by atoms with Crippen LogP contribution >= 0.6 is 0 Å². The molecule has 0 saturated heterocycles. The largest absolute Gasteiger partial charge is 0.363 e. The Balaban J connectivity index is 2.75. The van der Waals surface area contributed by atoms with Crippen LogP contribution in [0.4, 0.5) is 5.82 Å². The summed E-state index contributed by atoms with van der Waals surface area (Å²) in [5.74, 6) is 0.663. The first-order valence-corrected chi connectivity index (χ1v) is 5.06. The number of nitrogens with zero attached hydrogens (tertiary/aromatic N) is 2. The van der Waals surface area contributed by atoms with Crippen molar-refractivity contribution in [3.63, 3.8) is 0 Å². The molecule has 1 N–H and O–H groups in total. The van der Waals surface area contributed by atoms with Crippen LogP contribution in [0.3, 0.4) is 0 Å². The first-order valence-electron chi connectivity index (χ1n) is 5.06. The van der Waals surface area contributed by atoms with E-state index in [-0.39, 0.29) is 5.91 Å². The number of rotatable bonds is 4. The van der Waals surface area contributed by atoms with Crippen LogP contribution in [0.15, 0.2) is 30.5 Å². The van der Waals surface area contributed by atoms with Crippen molar-refractivity contribution in [3.8, 4) is 0 Å². The minimum atomic E-state index is -0.103. The van der Waals surface area contributed by atoms with E-state index in [1.54, 1.807) is 18.3 Å². The number of carbonyl (C=O) groups is 1. The third-order valence-corrected chi connectivity index (χ3v) is 2.02. The highest BCUT2D eigenvalue weighted by molar-refractivity contribution is 5.94. The quantitative estimate of drug-likeness (QED) is 0.780. The van der Waals surface area contributed by atoms with Crippen LogP contribution in [0.25, 0.3) is 0 Å². The molecule has 0 aliphatic heterocycles. The second-order valence-corrected chi connectivity index (χ2v) is 3.94. The Labute approximate surface area is 96.0 Å². The van der Waals surface area contributed by atoms with Gasteiger partial charge in [-0.3, -0.25) is 4.79 Å². The van der Waals surface area contributed by atoms with Gasteiger partial charge in [0.15, 0.2) is 0 Å². The topological polar surface area (TPSA) is 45.2 Å². The second kappa shape index (κ2) is 5.30. The lowest BCUT2D eigenvalue weighted by atomic mass is 10.2. The maximum Gasteiger partial charge on any atom is 0.251 e. The fourth-order valence-corrected chi connectivity index (χ4v) is 1.14. The van der Waals surface area contributed by atoms with Gasteiger partial charge < -0.3 is 10.2 Å². The summed E-state index contributed by atoms with van der Waals surface area (Å²) in [6.45, 7) is 6.10. The summed E-state index contributed by atoms with van der Waals surface area (Å²) in [4.78, 5) is 17.7. The fourth-order valence-electron chi connectivity index (χ4n) is 1.14. The summed E-state index contributed by atoms with van der Waals surface area (Å²) in [5, 5.41) is 2.78. The Kier molecular flexibility index (Phi) is 4.05. The predicted octanol–water partition coefficient (Wildman–Crippen LogP) is 1.45. The molecule has 0 atom stereocenters. The maximum absolute atomic E-state index is 11.7. The molecule has 0 bridgehead atoms. The molecule has 0 spiro atoms. The van der Waals surface area contributed by atoms with Crippen molar-refractivity contribution in [3.05, 3.63) is 36.0 Å². The molecule has 1 heterocycles. The summed E-state index contributed by atoms with van der Waals surface area (Å²) in [6.07, 6.45) is 1.63. The molecule has 0 saturated carbocycles. The van der Waals surface area contributed by atoms with Crippen molar-refractivity contribution in [2.75, 3.05) is 25.5 Å². The molecule has 0 aliphatic rings. The van der Waals surface area contributed by atoms with Crippen LogP contribution in [0.2, 0.25) is 0 Å². The molecule has 0 unspecified atom stereocenters. The highest BCUT2D eigenvalue weighted by Gasteiger charge is 2.06. The van der Waals surface area contributed by atoms with Gasteiger partial charge in [0.05, 0.1) is 0 Å². The van der Waals surface area contributed by atoms with Crippen LogP contribution in [-0.2, 0) is 0 Å². The fraction of sp³-hybridized carbons (Fsp3) is 0.333. The second-order valence-electron chi connectivity index (χ2n) is 3.94. The molecule has 1 amide bonds. The van der Waals surface area contributed by atoms with E-state index in [1.807, 2.05) is 25.9 Å². The van der Waals surface area contributed by atoms with Crippen molar-refractivity contribution >= 4 is 11.7 Å². The van der Waals surface area contributed by atoms with E-state index in [4.69, 9.17) is 0 Å². The number of carbonyl (C=O) groups excluding carboxylic acids is 1. The lowest BCUT2D eigenvalue weighted by Crippen LogP contribution is -2.25. The normalized spacial score (nSPS) is 9.69. The van der Waals surface area contributed by atoms with Gasteiger partial charge >= 0.3 is 0 Å². The van der Waals surface area contributed by atoms with Gasteiger partial charge in [-0.15, -0.1) is 0 Å². The van der Waals surface area contributed by atoms with Gasteiger partial charge in [-0.1, -0.05) is 12.2 Å². The molecule has 0 aliphatic carbocycles. The van der Waals surface area contributed by atoms with Crippen LogP contribution < -0.4 is 10.2 Å². The minimum Gasteiger partial charge on any atom is -0.363 e. The summed E-state index contributed by atoms with van der Waals surface area (Å²) < 4.78 is 0. The molecule has 1 rings (SSSR count). The third-order valence-electron chi connectivity index (χ3n) is 2.02. The molecule has 0 radical (unpaired) electrons. The maximum atomic E-state index is 11.7. The molecule has 1 aromatic heterocycles. The van der Waals surface area contributed by atoms with E-state index in [1.165, 1.54) is 0 Å². The number of hydrogen-bond acceptors (Lipinski definition) is 3. The number of anilines is 1. The molecular weight excluding hydrogens is 202 g/mol. The Hall–Kier alpha value is -1.84. The van der Waals surface area contributed by atoms with E-state index < -0.39 is 0 Å². The molecule has 16 heavy (non-hydrogen) atoms. The minimum absolute atomic E-state index is 0.103. The Morgan fingerprint density at radius 1 is 1.56 bits per heavy atom. The van der Waals surface area contributed by atoms with Gasteiger partial charge in [0.2, 0.25) is 0 Å². The van der Waals surface area contributed by atoms with Gasteiger partial charge in [-0.2, -0.15) is 0 Å². The monoisotopic (exact) mass is 219 g/mol. The highest BCUT2D eigenvalue weighted by Crippen LogP contribution is 2.09. The van der Waals surface area contributed by atoms with Crippen LogP contribution in [0, 0.1) is 0 Å². The van der Waals surface area contributed by atoms with E-state index in [0.29, 0.717) is 12.1 Å². The van der Waals surface area contributed by atoms with Crippen LogP contribution in [0.5, 0.6) is 0 Å². The SMILES string of the molecule is C=C(C)CNC(=O)c1ccnc(N(C)C)c1. The van der Waals surface area contributed by atoms with Crippen molar-refractivity contribution in [1.82, 2.24) is 10.3 Å². The Morgan fingerprint density at radius 2 is 2.25 bits per heavy atom. The Morgan fingerprint density at radius 3 is 2.81 bits per heavy atom. The average Bonchev–Trinajstić information content (AvgIpc) is 2.26. The summed E-state index contributed by atoms with van der Waals surface area (Å²) >= 11 is 0. The van der Waals surface area contributed by atoms with E-state index >= 15 is 0 Å². The Bertz CT molecular complexity index is 399. The third kappa shape index (κ3) is 3.38. The zero-order chi connectivity index (χ0) is 12.1. The van der Waals surface area contributed by atoms with E-state index in [0.717, 1.165) is 11.4 Å². The highest BCUT2D eigenvalue weighted by atomic mass is 16.1. The summed E-state index contributed by atoms with van der Waals surface area (Å²) in [7, 11) is 3.77. The lowest BCUT2D eigenvalue weighted by Gasteiger charge is -2.12. The number of aromatic nitrogens is 1. The first kappa shape index (κ1) is 12.2. The predicted molar refractivity (Wildman–Crippen MR) is 65.7 cm³/mol. The molecule has 4 nitrogen and oxygen atoms in total. The standard InChI is InChI=1S/C12H17N3O/c1-9(2)8-14-12(16)10-5-6-13-11(7-10)15(3)4/h5-7H,1,8H2,2-4H3,(H,14,16). The van der Waals surface area contributed by atoms with Crippen LogP contribution in [-0.4, -0.2) is 31.5 Å². The van der Waals surface area contributed by atoms with Crippen molar-refractivity contribution in [2.24, 2.45) is 0 Å². The summed E-state index contributed by atoms with van der Waals surface area (Å²) in [6, 6.07) is 3.45. The van der Waals surface area contributed by atoms with Gasteiger partial charge in [0.1, 0.15) is 5.82 Å². The molecular formula is C12H17N3O. The average molecular weight is 219 g/mol. The molecule has 1 aromatic rings. The smallest absolute Gasteiger partial charge is 0.251 e. The first-order chi connectivity index (χ1) is 7.50. The number of amides is 1. The zero-order valence-electron chi connectivity index (χ0n) is 9.95. The van der Waals surface area contributed by atoms with E-state index in [9.17, 15) is 4.79 Å². The van der Waals surface area contributed by atoms with Crippen LogP contribution in [0.1, 0.15) is 17.3 Å². The number of nitrogens with one attached hydrogen (secondary N) is 1. The number of pyridine rings is 1. The van der Waals surface area contributed by atoms with Gasteiger partial charge in [-0.05, 0) is 19.1 Å². The zero-order valence-corrected chi connectivity index (χ0v) is 9.95.